The number of ether oxygens (including phenoxy) is 1. The molecule has 0 amide bonds. The van der Waals surface area contributed by atoms with Crippen LogP contribution >= 0.6 is 0 Å². The number of anilines is 2. The molecule has 0 aromatic carbocycles. The van der Waals surface area contributed by atoms with Gasteiger partial charge in [0.2, 0.25) is 0 Å². The average Bonchev–Trinajstić information content (AvgIpc) is 3.34. The van der Waals surface area contributed by atoms with Crippen molar-refractivity contribution in [1.29, 1.82) is 0 Å². The van der Waals surface area contributed by atoms with E-state index in [-0.39, 0.29) is 5.92 Å². The third-order valence-corrected chi connectivity index (χ3v) is 5.84. The van der Waals surface area contributed by atoms with Crippen molar-refractivity contribution in [1.82, 2.24) is 29.9 Å². The second-order valence-electron chi connectivity index (χ2n) is 7.87. The van der Waals surface area contributed by atoms with Gasteiger partial charge in [0.1, 0.15) is 11.6 Å². The van der Waals surface area contributed by atoms with E-state index in [2.05, 4.69) is 27.5 Å². The maximum Gasteiger partial charge on any atom is 0.335 e. The van der Waals surface area contributed by atoms with Gasteiger partial charge in [0, 0.05) is 31.3 Å². The number of fused-ring (bicyclic) bond motifs is 1. The summed E-state index contributed by atoms with van der Waals surface area (Å²) in [5.41, 5.74) is 0.609. The minimum Gasteiger partial charge on any atom is -0.479 e. The second kappa shape index (κ2) is 8.02. The van der Waals surface area contributed by atoms with Crippen molar-refractivity contribution in [3.63, 3.8) is 0 Å². The van der Waals surface area contributed by atoms with E-state index in [1.54, 1.807) is 6.20 Å². The molecule has 3 N–H and O–H groups in total. The first-order valence-electron chi connectivity index (χ1n) is 10.3. The van der Waals surface area contributed by atoms with Crippen LogP contribution in [0.25, 0.3) is 11.0 Å². The van der Waals surface area contributed by atoms with E-state index in [0.29, 0.717) is 43.1 Å². The molecule has 3 heterocycles. The third kappa shape index (κ3) is 3.62. The highest BCUT2D eigenvalue weighted by molar-refractivity contribution is 5.88. The van der Waals surface area contributed by atoms with Gasteiger partial charge in [-0.2, -0.15) is 10.2 Å². The number of H-pyrrole nitrogens is 1. The summed E-state index contributed by atoms with van der Waals surface area (Å²) in [6.07, 6.45) is 4.87. The number of hydrogen-bond donors (Lipinski definition) is 3. The molecule has 0 spiro atoms. The van der Waals surface area contributed by atoms with E-state index in [9.17, 15) is 9.90 Å². The van der Waals surface area contributed by atoms with Gasteiger partial charge >= 0.3 is 5.97 Å². The number of nitrogens with zero attached hydrogens (tertiary/aromatic N) is 5. The number of aryl methyl sites for hydroxylation is 2. The molecule has 0 bridgehead atoms. The summed E-state index contributed by atoms with van der Waals surface area (Å²) in [5.74, 6) is 1.19. The third-order valence-electron chi connectivity index (χ3n) is 5.84. The number of aromatic amines is 1. The Hall–Kier alpha value is -3.01. The lowest BCUT2D eigenvalue weighted by atomic mass is 9.78. The Morgan fingerprint density at radius 1 is 1.40 bits per heavy atom. The lowest BCUT2D eigenvalue weighted by molar-refractivity contribution is -0.166. The molecule has 3 aromatic heterocycles. The maximum atomic E-state index is 11.7. The smallest absolute Gasteiger partial charge is 0.335 e. The zero-order chi connectivity index (χ0) is 21.3. The summed E-state index contributed by atoms with van der Waals surface area (Å²) in [6, 6.07) is 1.91. The normalized spacial score (nSPS) is 21.8. The van der Waals surface area contributed by atoms with E-state index < -0.39 is 11.6 Å². The van der Waals surface area contributed by atoms with Gasteiger partial charge in [-0.1, -0.05) is 6.92 Å². The molecule has 1 aliphatic rings. The summed E-state index contributed by atoms with van der Waals surface area (Å²) >= 11 is 0. The molecule has 10 nitrogen and oxygen atoms in total. The van der Waals surface area contributed by atoms with Crippen molar-refractivity contribution < 1.29 is 14.6 Å². The first-order chi connectivity index (χ1) is 14.5. The number of carbonyl (C=O) groups is 1. The summed E-state index contributed by atoms with van der Waals surface area (Å²) in [7, 11) is 1.47. The number of rotatable bonds is 7. The summed E-state index contributed by atoms with van der Waals surface area (Å²) < 4.78 is 7.25. The van der Waals surface area contributed by atoms with Gasteiger partial charge in [-0.15, -0.1) is 0 Å². The van der Waals surface area contributed by atoms with Crippen molar-refractivity contribution in [3.05, 3.63) is 23.8 Å². The lowest BCUT2D eigenvalue weighted by Crippen LogP contribution is -2.43. The Morgan fingerprint density at radius 2 is 2.17 bits per heavy atom. The number of hydrogen-bond acceptors (Lipinski definition) is 7. The van der Waals surface area contributed by atoms with Crippen LogP contribution in [0.4, 0.5) is 11.6 Å². The summed E-state index contributed by atoms with van der Waals surface area (Å²) in [5, 5.41) is 25.3. The van der Waals surface area contributed by atoms with Crippen LogP contribution in [0.5, 0.6) is 0 Å². The highest BCUT2D eigenvalue weighted by Gasteiger charge is 2.43. The Morgan fingerprint density at radius 3 is 2.77 bits per heavy atom. The molecule has 1 aliphatic carbocycles. The molecule has 0 unspecified atom stereocenters. The zero-order valence-corrected chi connectivity index (χ0v) is 17.5. The highest BCUT2D eigenvalue weighted by Crippen LogP contribution is 2.40. The number of carboxylic acid groups (broad SMARTS) is 1. The van der Waals surface area contributed by atoms with Crippen LogP contribution in [-0.2, 0) is 16.1 Å². The topological polar surface area (TPSA) is 131 Å². The van der Waals surface area contributed by atoms with E-state index in [0.717, 1.165) is 29.7 Å². The Labute approximate surface area is 174 Å². The Balaban J connectivity index is 1.69. The van der Waals surface area contributed by atoms with E-state index >= 15 is 0 Å². The molecule has 0 atom stereocenters. The van der Waals surface area contributed by atoms with Crippen molar-refractivity contribution in [3.8, 4) is 0 Å². The minimum absolute atomic E-state index is 0.0588. The largest absolute Gasteiger partial charge is 0.479 e. The maximum absolute atomic E-state index is 11.7. The molecule has 160 valence electrons. The van der Waals surface area contributed by atoms with E-state index in [1.165, 1.54) is 7.11 Å². The predicted molar refractivity (Wildman–Crippen MR) is 111 cm³/mol. The van der Waals surface area contributed by atoms with Crippen molar-refractivity contribution in [2.75, 3.05) is 12.4 Å². The molecular formula is C20H27N7O3. The van der Waals surface area contributed by atoms with Gasteiger partial charge in [0.25, 0.3) is 0 Å². The van der Waals surface area contributed by atoms with Crippen LogP contribution in [0.3, 0.4) is 0 Å². The highest BCUT2D eigenvalue weighted by atomic mass is 16.5. The fraction of sp³-hybridized carbons (Fsp3) is 0.550. The fourth-order valence-electron chi connectivity index (χ4n) is 4.08. The average molecular weight is 413 g/mol. The number of aromatic nitrogens is 6. The number of aliphatic carboxylic acids is 1. The molecule has 3 aromatic rings. The number of methoxy groups -OCH3 is 1. The van der Waals surface area contributed by atoms with E-state index in [4.69, 9.17) is 14.7 Å². The standard InChI is InChI=1S/C20H27N7O3/c1-4-9-27-18-14(11-21-27)17(22-15-10-12(2)25-26-15)23-16(24-18)13-5-7-20(30-3,8-6-13)19(28)29/h10-11,13H,4-9H2,1-3H3,(H,28,29)(H2,22,23,24,25,26). The second-order valence-corrected chi connectivity index (χ2v) is 7.87. The monoisotopic (exact) mass is 413 g/mol. The summed E-state index contributed by atoms with van der Waals surface area (Å²) in [6.45, 7) is 4.79. The van der Waals surface area contributed by atoms with Crippen LogP contribution in [-0.4, -0.2) is 53.7 Å². The lowest BCUT2D eigenvalue weighted by Gasteiger charge is -2.35. The van der Waals surface area contributed by atoms with Gasteiger partial charge in [-0.05, 0) is 39.0 Å². The first-order valence-corrected chi connectivity index (χ1v) is 10.3. The first kappa shape index (κ1) is 20.3. The molecule has 0 aliphatic heterocycles. The molecule has 0 radical (unpaired) electrons. The minimum atomic E-state index is -1.11. The number of carboxylic acids is 1. The van der Waals surface area contributed by atoms with Crippen molar-refractivity contribution >= 4 is 28.6 Å². The molecule has 0 saturated heterocycles. The fourth-order valence-corrected chi connectivity index (χ4v) is 4.08. The Bertz CT molecular complexity index is 1050. The van der Waals surface area contributed by atoms with Crippen LogP contribution in [0.15, 0.2) is 12.3 Å². The zero-order valence-electron chi connectivity index (χ0n) is 17.5. The van der Waals surface area contributed by atoms with Gasteiger partial charge in [-0.3, -0.25) is 5.10 Å². The quantitative estimate of drug-likeness (QED) is 0.538. The molecular weight excluding hydrogens is 386 g/mol. The van der Waals surface area contributed by atoms with E-state index in [1.807, 2.05) is 17.7 Å². The molecule has 1 fully saturated rings. The van der Waals surface area contributed by atoms with Gasteiger partial charge in [0.05, 0.1) is 11.6 Å². The summed E-state index contributed by atoms with van der Waals surface area (Å²) in [4.78, 5) is 21.3. The SMILES string of the molecule is CCCn1ncc2c(Nc3cc(C)[nH]n3)nc(C3CCC(OC)(C(=O)O)CC3)nc21. The van der Waals surface area contributed by atoms with Crippen LogP contribution in [0, 0.1) is 6.92 Å². The number of nitrogens with one attached hydrogen (secondary N) is 2. The Kier molecular flexibility index (Phi) is 5.42. The van der Waals surface area contributed by atoms with Crippen LogP contribution < -0.4 is 5.32 Å². The van der Waals surface area contributed by atoms with Gasteiger partial charge < -0.3 is 15.2 Å². The van der Waals surface area contributed by atoms with Gasteiger partial charge in [0.15, 0.2) is 17.1 Å². The predicted octanol–water partition coefficient (Wildman–Crippen LogP) is 3.14. The molecule has 30 heavy (non-hydrogen) atoms. The molecule has 10 heteroatoms. The van der Waals surface area contributed by atoms with Crippen molar-refractivity contribution in [2.45, 2.75) is 64.0 Å². The molecule has 1 saturated carbocycles. The van der Waals surface area contributed by atoms with Gasteiger partial charge in [-0.25, -0.2) is 19.4 Å². The van der Waals surface area contributed by atoms with Crippen molar-refractivity contribution in [2.24, 2.45) is 0 Å². The van der Waals surface area contributed by atoms with Crippen LogP contribution in [0.2, 0.25) is 0 Å². The molecule has 4 rings (SSSR count). The van der Waals surface area contributed by atoms with Crippen LogP contribution in [0.1, 0.15) is 56.5 Å².